The summed E-state index contributed by atoms with van der Waals surface area (Å²) in [4.78, 5) is 0. The fraction of sp³-hybridized carbons (Fsp3) is 0.300. The third kappa shape index (κ3) is 2.40. The van der Waals surface area contributed by atoms with Crippen LogP contribution in [0.15, 0.2) is 54.6 Å². The van der Waals surface area contributed by atoms with E-state index in [0.29, 0.717) is 18.4 Å². The van der Waals surface area contributed by atoms with Crippen molar-refractivity contribution in [1.82, 2.24) is 0 Å². The first kappa shape index (κ1) is 14.3. The van der Waals surface area contributed by atoms with E-state index in [9.17, 15) is 4.39 Å². The lowest BCUT2D eigenvalue weighted by atomic mass is 9.77. The molecular weight excluding hydrogens is 289 g/mol. The number of hydrogen-bond donors (Lipinski definition) is 1. The van der Waals surface area contributed by atoms with Crippen molar-refractivity contribution in [1.29, 1.82) is 0 Å². The van der Waals surface area contributed by atoms with Crippen molar-refractivity contribution in [2.24, 2.45) is 5.92 Å². The Morgan fingerprint density at radius 1 is 1.22 bits per heavy atom. The Bertz CT molecular complexity index is 755. The van der Waals surface area contributed by atoms with Crippen LogP contribution in [0.3, 0.4) is 0 Å². The average molecular weight is 309 g/mol. The summed E-state index contributed by atoms with van der Waals surface area (Å²) in [6.07, 6.45) is 5.54. The Morgan fingerprint density at radius 2 is 2.09 bits per heavy atom. The predicted octanol–water partition coefficient (Wildman–Crippen LogP) is 5.05. The zero-order chi connectivity index (χ0) is 15.8. The molecular formula is C20H20FNO. The van der Waals surface area contributed by atoms with Crippen LogP contribution in [-0.2, 0) is 0 Å². The van der Waals surface area contributed by atoms with E-state index in [1.54, 1.807) is 12.1 Å². The topological polar surface area (TPSA) is 21.3 Å². The number of anilines is 1. The van der Waals surface area contributed by atoms with Crippen molar-refractivity contribution >= 4 is 5.69 Å². The van der Waals surface area contributed by atoms with Gasteiger partial charge in [-0.25, -0.2) is 4.39 Å². The van der Waals surface area contributed by atoms with Crippen LogP contribution in [0.25, 0.3) is 0 Å². The second-order valence-corrected chi connectivity index (χ2v) is 6.18. The maximum absolute atomic E-state index is 13.7. The summed E-state index contributed by atoms with van der Waals surface area (Å²) < 4.78 is 19.5. The van der Waals surface area contributed by atoms with Crippen LogP contribution in [-0.4, -0.2) is 6.61 Å². The number of para-hydroxylation sites is 1. The Kier molecular flexibility index (Phi) is 3.56. The molecule has 0 unspecified atom stereocenters. The minimum Gasteiger partial charge on any atom is -0.492 e. The normalized spacial score (nSPS) is 24.7. The Balaban J connectivity index is 1.80. The molecule has 1 aliphatic carbocycles. The van der Waals surface area contributed by atoms with Gasteiger partial charge in [-0.3, -0.25) is 0 Å². The summed E-state index contributed by atoms with van der Waals surface area (Å²) in [6, 6.07) is 13.2. The number of allylic oxidation sites excluding steroid dienone is 2. The van der Waals surface area contributed by atoms with Gasteiger partial charge in [0.1, 0.15) is 11.6 Å². The summed E-state index contributed by atoms with van der Waals surface area (Å²) in [5.41, 5.74) is 3.33. The van der Waals surface area contributed by atoms with Crippen LogP contribution in [0.1, 0.15) is 36.4 Å². The molecule has 0 bridgehead atoms. The smallest absolute Gasteiger partial charge is 0.142 e. The summed E-state index contributed by atoms with van der Waals surface area (Å²) in [6.45, 7) is 2.62. The first-order valence-corrected chi connectivity index (χ1v) is 8.22. The molecule has 1 aliphatic heterocycles. The Hall–Kier alpha value is -2.29. The van der Waals surface area contributed by atoms with Crippen molar-refractivity contribution in [2.75, 3.05) is 11.9 Å². The summed E-state index contributed by atoms with van der Waals surface area (Å²) in [5.74, 6) is 1.47. The predicted molar refractivity (Wildman–Crippen MR) is 90.4 cm³/mol. The summed E-state index contributed by atoms with van der Waals surface area (Å²) in [5, 5.41) is 3.63. The van der Waals surface area contributed by atoms with Crippen molar-refractivity contribution in [3.05, 3.63) is 71.6 Å². The molecule has 0 saturated heterocycles. The number of fused-ring (bicyclic) bond motifs is 3. The largest absolute Gasteiger partial charge is 0.492 e. The molecule has 2 nitrogen and oxygen atoms in total. The lowest BCUT2D eigenvalue weighted by molar-refractivity contribution is 0.337. The van der Waals surface area contributed by atoms with Crippen LogP contribution in [0.4, 0.5) is 10.1 Å². The number of rotatable bonds is 3. The van der Waals surface area contributed by atoms with E-state index < -0.39 is 0 Å². The fourth-order valence-electron chi connectivity index (χ4n) is 3.90. The van der Waals surface area contributed by atoms with E-state index in [2.05, 4.69) is 29.6 Å². The monoisotopic (exact) mass is 309 g/mol. The van der Waals surface area contributed by atoms with Crippen molar-refractivity contribution < 1.29 is 9.13 Å². The molecule has 0 spiro atoms. The zero-order valence-corrected chi connectivity index (χ0v) is 13.1. The summed E-state index contributed by atoms with van der Waals surface area (Å²) >= 11 is 0. The minimum atomic E-state index is -0.185. The van der Waals surface area contributed by atoms with E-state index in [1.165, 1.54) is 11.6 Å². The van der Waals surface area contributed by atoms with Gasteiger partial charge in [0.15, 0.2) is 0 Å². The van der Waals surface area contributed by atoms with E-state index in [4.69, 9.17) is 4.74 Å². The Morgan fingerprint density at radius 3 is 2.91 bits per heavy atom. The molecule has 4 rings (SSSR count). The second-order valence-electron chi connectivity index (χ2n) is 6.18. The molecule has 0 fully saturated rings. The molecule has 0 radical (unpaired) electrons. The number of hydrogen-bond acceptors (Lipinski definition) is 2. The molecule has 0 aromatic heterocycles. The van der Waals surface area contributed by atoms with Crippen molar-refractivity contribution in [3.8, 4) is 5.75 Å². The molecule has 3 heteroatoms. The van der Waals surface area contributed by atoms with Crippen LogP contribution in [0, 0.1) is 11.7 Å². The van der Waals surface area contributed by atoms with E-state index in [0.717, 1.165) is 23.4 Å². The van der Waals surface area contributed by atoms with Gasteiger partial charge in [0.25, 0.3) is 0 Å². The number of nitrogens with one attached hydrogen (secondary N) is 1. The molecule has 2 aliphatic rings. The molecule has 0 saturated carbocycles. The highest BCUT2D eigenvalue weighted by Crippen LogP contribution is 2.52. The second kappa shape index (κ2) is 5.73. The SMILES string of the molecule is CCOc1cccc2c1N[C@H](c1cccc(F)c1)[C@@H]1CC=C[C@H]21. The van der Waals surface area contributed by atoms with Crippen molar-refractivity contribution in [2.45, 2.75) is 25.3 Å². The highest BCUT2D eigenvalue weighted by Gasteiger charge is 2.38. The van der Waals surface area contributed by atoms with Crippen LogP contribution >= 0.6 is 0 Å². The summed E-state index contributed by atoms with van der Waals surface area (Å²) in [7, 11) is 0. The van der Waals surface area contributed by atoms with Crippen molar-refractivity contribution in [3.63, 3.8) is 0 Å². The number of benzene rings is 2. The van der Waals surface area contributed by atoms with Gasteiger partial charge in [-0.15, -0.1) is 0 Å². The highest BCUT2D eigenvalue weighted by molar-refractivity contribution is 5.67. The van der Waals surface area contributed by atoms with E-state index in [1.807, 2.05) is 19.1 Å². The van der Waals surface area contributed by atoms with Gasteiger partial charge in [-0.1, -0.05) is 36.4 Å². The van der Waals surface area contributed by atoms with Gasteiger partial charge in [0.05, 0.1) is 18.3 Å². The first-order chi connectivity index (χ1) is 11.3. The van der Waals surface area contributed by atoms with E-state index >= 15 is 0 Å². The molecule has 118 valence electrons. The van der Waals surface area contributed by atoms with Gasteiger partial charge in [0.2, 0.25) is 0 Å². The standard InChI is InChI=1S/C20H20FNO/c1-2-23-18-11-5-10-17-15-8-4-9-16(15)19(22-20(17)18)13-6-3-7-14(21)12-13/h3-8,10-12,15-16,19,22H,2,9H2,1H3/t15-,16+,19+/m0/s1. The minimum absolute atomic E-state index is 0.0970. The highest BCUT2D eigenvalue weighted by atomic mass is 19.1. The van der Waals surface area contributed by atoms with Crippen LogP contribution < -0.4 is 10.1 Å². The Labute approximate surface area is 136 Å². The molecule has 2 aromatic carbocycles. The van der Waals surface area contributed by atoms with Gasteiger partial charge in [-0.2, -0.15) is 0 Å². The average Bonchev–Trinajstić information content (AvgIpc) is 3.04. The maximum Gasteiger partial charge on any atom is 0.142 e. The molecule has 1 heterocycles. The van der Waals surface area contributed by atoms with Gasteiger partial charge in [-0.05, 0) is 48.6 Å². The quantitative estimate of drug-likeness (QED) is 0.801. The fourth-order valence-corrected chi connectivity index (χ4v) is 3.90. The lowest BCUT2D eigenvalue weighted by Crippen LogP contribution is -2.29. The van der Waals surface area contributed by atoms with Crippen LogP contribution in [0.5, 0.6) is 5.75 Å². The van der Waals surface area contributed by atoms with Crippen LogP contribution in [0.2, 0.25) is 0 Å². The van der Waals surface area contributed by atoms with E-state index in [-0.39, 0.29) is 11.9 Å². The molecule has 1 N–H and O–H groups in total. The third-order valence-electron chi connectivity index (χ3n) is 4.87. The van der Waals surface area contributed by atoms with Gasteiger partial charge in [0, 0.05) is 5.92 Å². The third-order valence-corrected chi connectivity index (χ3v) is 4.87. The lowest BCUT2D eigenvalue weighted by Gasteiger charge is -2.38. The molecule has 23 heavy (non-hydrogen) atoms. The number of halogens is 1. The first-order valence-electron chi connectivity index (χ1n) is 8.22. The van der Waals surface area contributed by atoms with Gasteiger partial charge >= 0.3 is 0 Å². The van der Waals surface area contributed by atoms with Gasteiger partial charge < -0.3 is 10.1 Å². The molecule has 3 atom stereocenters. The maximum atomic E-state index is 13.7. The molecule has 0 amide bonds. The molecule has 2 aromatic rings. The zero-order valence-electron chi connectivity index (χ0n) is 13.1. The number of ether oxygens (including phenoxy) is 1.